The summed E-state index contributed by atoms with van der Waals surface area (Å²) >= 11 is 0. The zero-order valence-corrected chi connectivity index (χ0v) is 12.2. The number of aromatic nitrogens is 1. The van der Waals surface area contributed by atoms with E-state index in [1.54, 1.807) is 0 Å². The Labute approximate surface area is 115 Å². The highest BCUT2D eigenvalue weighted by Crippen LogP contribution is 2.22. The van der Waals surface area contributed by atoms with E-state index in [2.05, 4.69) is 10.3 Å². The third kappa shape index (κ3) is 3.55. The topological polar surface area (TPSA) is 42.0 Å². The van der Waals surface area contributed by atoms with Crippen LogP contribution in [0.4, 0.5) is 0 Å². The molecule has 2 rings (SSSR count). The summed E-state index contributed by atoms with van der Waals surface area (Å²) in [6, 6.07) is 2.41. The quantitative estimate of drug-likeness (QED) is 0.906. The van der Waals surface area contributed by atoms with Crippen molar-refractivity contribution in [2.45, 2.75) is 64.8 Å². The lowest BCUT2D eigenvalue weighted by Gasteiger charge is -2.25. The van der Waals surface area contributed by atoms with Gasteiger partial charge in [-0.3, -0.25) is 9.78 Å². The van der Waals surface area contributed by atoms with Gasteiger partial charge >= 0.3 is 0 Å². The smallest absolute Gasteiger partial charge is 0.227 e. The molecule has 1 aromatic rings. The zero-order chi connectivity index (χ0) is 13.8. The van der Waals surface area contributed by atoms with E-state index >= 15 is 0 Å². The fourth-order valence-corrected chi connectivity index (χ4v) is 2.83. The van der Waals surface area contributed by atoms with Crippen LogP contribution in [0, 0.1) is 13.8 Å². The molecule has 0 aliphatic heterocycles. The highest BCUT2D eigenvalue weighted by atomic mass is 16.1. The predicted octanol–water partition coefficient (Wildman–Crippen LogP) is 3.25. The Morgan fingerprint density at radius 2 is 2.00 bits per heavy atom. The summed E-state index contributed by atoms with van der Waals surface area (Å²) in [6.07, 6.45) is 7.92. The van der Waals surface area contributed by atoms with E-state index < -0.39 is 0 Å². The number of pyridine rings is 1. The Kier molecular flexibility index (Phi) is 4.56. The van der Waals surface area contributed by atoms with Crippen LogP contribution in [0.1, 0.15) is 61.8 Å². The van der Waals surface area contributed by atoms with Gasteiger partial charge in [0.25, 0.3) is 0 Å². The summed E-state index contributed by atoms with van der Waals surface area (Å²) in [7, 11) is 0. The Hall–Kier alpha value is -1.38. The molecule has 1 fully saturated rings. The Balaban J connectivity index is 2.03. The van der Waals surface area contributed by atoms with Gasteiger partial charge in [0.2, 0.25) is 5.91 Å². The van der Waals surface area contributed by atoms with Crippen molar-refractivity contribution in [3.63, 3.8) is 0 Å². The number of amides is 1. The molecule has 1 aliphatic rings. The van der Waals surface area contributed by atoms with Gasteiger partial charge in [0, 0.05) is 17.9 Å². The molecule has 104 valence electrons. The average Bonchev–Trinajstić information content (AvgIpc) is 2.42. The second-order valence-corrected chi connectivity index (χ2v) is 5.75. The number of hydrogen-bond donors (Lipinski definition) is 1. The molecule has 1 aromatic heterocycles. The average molecular weight is 260 g/mol. The van der Waals surface area contributed by atoms with Crippen molar-refractivity contribution in [1.29, 1.82) is 0 Å². The van der Waals surface area contributed by atoms with Gasteiger partial charge in [0.05, 0.1) is 5.92 Å². The first kappa shape index (κ1) is 14.0. The molecule has 1 aliphatic carbocycles. The lowest BCUT2D eigenvalue weighted by atomic mass is 9.93. The van der Waals surface area contributed by atoms with E-state index in [1.807, 2.05) is 33.0 Å². The van der Waals surface area contributed by atoms with Crippen LogP contribution in [0.5, 0.6) is 0 Å². The molecule has 0 bridgehead atoms. The van der Waals surface area contributed by atoms with Crippen molar-refractivity contribution in [2.24, 2.45) is 0 Å². The van der Waals surface area contributed by atoms with Crippen LogP contribution in [-0.4, -0.2) is 16.9 Å². The monoisotopic (exact) mass is 260 g/mol. The molecule has 0 radical (unpaired) electrons. The Bertz CT molecular complexity index is 450. The molecule has 1 N–H and O–H groups in total. The second kappa shape index (κ2) is 6.18. The number of nitrogens with one attached hydrogen (secondary N) is 1. The Morgan fingerprint density at radius 3 is 2.68 bits per heavy atom. The third-order valence-corrected chi connectivity index (χ3v) is 4.09. The summed E-state index contributed by atoms with van der Waals surface area (Å²) in [4.78, 5) is 16.6. The first-order valence-electron chi connectivity index (χ1n) is 7.31. The van der Waals surface area contributed by atoms with E-state index in [0.29, 0.717) is 6.04 Å². The van der Waals surface area contributed by atoms with Gasteiger partial charge in [-0.1, -0.05) is 19.3 Å². The zero-order valence-electron chi connectivity index (χ0n) is 12.2. The van der Waals surface area contributed by atoms with Gasteiger partial charge < -0.3 is 5.32 Å². The summed E-state index contributed by atoms with van der Waals surface area (Å²) in [5.41, 5.74) is 3.16. The van der Waals surface area contributed by atoms with Crippen molar-refractivity contribution in [2.75, 3.05) is 0 Å². The lowest BCUT2D eigenvalue weighted by Crippen LogP contribution is -2.38. The maximum absolute atomic E-state index is 12.3. The van der Waals surface area contributed by atoms with Crippen LogP contribution in [-0.2, 0) is 4.79 Å². The molecule has 1 saturated carbocycles. The maximum Gasteiger partial charge on any atom is 0.227 e. The summed E-state index contributed by atoms with van der Waals surface area (Å²) in [5, 5.41) is 3.20. The van der Waals surface area contributed by atoms with Crippen LogP contribution in [0.3, 0.4) is 0 Å². The van der Waals surface area contributed by atoms with Crippen LogP contribution < -0.4 is 5.32 Å². The van der Waals surface area contributed by atoms with Gasteiger partial charge in [-0.25, -0.2) is 0 Å². The molecule has 19 heavy (non-hydrogen) atoms. The van der Waals surface area contributed by atoms with Crippen molar-refractivity contribution in [3.05, 3.63) is 29.1 Å². The first-order chi connectivity index (χ1) is 9.08. The Morgan fingerprint density at radius 1 is 1.32 bits per heavy atom. The van der Waals surface area contributed by atoms with Gasteiger partial charge in [0.1, 0.15) is 0 Å². The minimum atomic E-state index is -0.0939. The fourth-order valence-electron chi connectivity index (χ4n) is 2.83. The van der Waals surface area contributed by atoms with E-state index in [4.69, 9.17) is 0 Å². The number of hydrogen-bond acceptors (Lipinski definition) is 2. The molecule has 0 aromatic carbocycles. The van der Waals surface area contributed by atoms with Crippen LogP contribution >= 0.6 is 0 Å². The van der Waals surface area contributed by atoms with E-state index in [9.17, 15) is 4.79 Å². The first-order valence-corrected chi connectivity index (χ1v) is 7.31. The second-order valence-electron chi connectivity index (χ2n) is 5.75. The summed E-state index contributed by atoms with van der Waals surface area (Å²) in [6.45, 7) is 5.97. The third-order valence-electron chi connectivity index (χ3n) is 4.09. The van der Waals surface area contributed by atoms with Crippen molar-refractivity contribution >= 4 is 5.91 Å². The molecular weight excluding hydrogens is 236 g/mol. The van der Waals surface area contributed by atoms with Gasteiger partial charge in [-0.15, -0.1) is 0 Å². The lowest BCUT2D eigenvalue weighted by molar-refractivity contribution is -0.123. The van der Waals surface area contributed by atoms with Crippen LogP contribution in [0.2, 0.25) is 0 Å². The van der Waals surface area contributed by atoms with Crippen molar-refractivity contribution in [1.82, 2.24) is 10.3 Å². The molecule has 3 heteroatoms. The highest BCUT2D eigenvalue weighted by molar-refractivity contribution is 5.83. The van der Waals surface area contributed by atoms with Crippen molar-refractivity contribution in [3.8, 4) is 0 Å². The molecule has 1 heterocycles. The number of carbonyl (C=O) groups is 1. The largest absolute Gasteiger partial charge is 0.353 e. The number of aryl methyl sites for hydroxylation is 2. The molecule has 0 spiro atoms. The normalized spacial score (nSPS) is 18.1. The maximum atomic E-state index is 12.3. The van der Waals surface area contributed by atoms with Crippen LogP contribution in [0.15, 0.2) is 12.3 Å². The van der Waals surface area contributed by atoms with Crippen LogP contribution in [0.25, 0.3) is 0 Å². The van der Waals surface area contributed by atoms with Crippen molar-refractivity contribution < 1.29 is 4.79 Å². The number of rotatable bonds is 3. The molecule has 0 saturated heterocycles. The molecule has 1 amide bonds. The predicted molar refractivity (Wildman–Crippen MR) is 77.1 cm³/mol. The molecule has 3 nitrogen and oxygen atoms in total. The number of nitrogens with zero attached hydrogens (tertiary/aromatic N) is 1. The molecule has 1 atom stereocenters. The molecular formula is C16H24N2O. The number of carbonyl (C=O) groups excluding carboxylic acids is 1. The standard InChI is InChI=1S/C16H24N2O/c1-11-10-17-12(2)9-15(11)13(3)16(19)18-14-7-5-4-6-8-14/h9-10,13-14H,4-8H2,1-3H3,(H,18,19). The van der Waals surface area contributed by atoms with E-state index in [1.165, 1.54) is 19.3 Å². The van der Waals surface area contributed by atoms with E-state index in [0.717, 1.165) is 29.7 Å². The minimum Gasteiger partial charge on any atom is -0.353 e. The summed E-state index contributed by atoms with van der Waals surface area (Å²) < 4.78 is 0. The highest BCUT2D eigenvalue weighted by Gasteiger charge is 2.21. The molecule has 1 unspecified atom stereocenters. The van der Waals surface area contributed by atoms with Gasteiger partial charge in [0.15, 0.2) is 0 Å². The summed E-state index contributed by atoms with van der Waals surface area (Å²) in [5.74, 6) is 0.0595. The minimum absolute atomic E-state index is 0.0939. The van der Waals surface area contributed by atoms with Gasteiger partial charge in [-0.2, -0.15) is 0 Å². The van der Waals surface area contributed by atoms with E-state index in [-0.39, 0.29) is 11.8 Å². The SMILES string of the molecule is Cc1cc(C(C)C(=O)NC2CCCCC2)c(C)cn1. The fraction of sp³-hybridized carbons (Fsp3) is 0.625. The van der Waals surface area contributed by atoms with Gasteiger partial charge in [-0.05, 0) is 50.8 Å².